The highest BCUT2D eigenvalue weighted by atomic mass is 35.5. The molecule has 5 nitrogen and oxygen atoms in total. The van der Waals surface area contributed by atoms with Crippen LogP contribution in [0.15, 0.2) is 18.2 Å². The van der Waals surface area contributed by atoms with Crippen molar-refractivity contribution in [2.45, 2.75) is 32.7 Å². The van der Waals surface area contributed by atoms with Gasteiger partial charge in [0.1, 0.15) is 6.04 Å². The van der Waals surface area contributed by atoms with Crippen LogP contribution in [0.25, 0.3) is 0 Å². The lowest BCUT2D eigenvalue weighted by molar-refractivity contribution is -0.139. The predicted molar refractivity (Wildman–Crippen MR) is 74.7 cm³/mol. The number of carboxylic acid groups (broad SMARTS) is 1. The van der Waals surface area contributed by atoms with Crippen LogP contribution < -0.4 is 10.6 Å². The van der Waals surface area contributed by atoms with Gasteiger partial charge < -0.3 is 15.7 Å². The van der Waals surface area contributed by atoms with Gasteiger partial charge in [-0.05, 0) is 31.0 Å². The van der Waals surface area contributed by atoms with E-state index in [4.69, 9.17) is 16.7 Å². The molecule has 6 heteroatoms. The second-order valence-corrected chi connectivity index (χ2v) is 4.67. The zero-order valence-electron chi connectivity index (χ0n) is 10.9. The first-order chi connectivity index (χ1) is 8.93. The van der Waals surface area contributed by atoms with Crippen molar-refractivity contribution in [3.63, 3.8) is 0 Å². The highest BCUT2D eigenvalue weighted by molar-refractivity contribution is 6.31. The van der Waals surface area contributed by atoms with Crippen LogP contribution in [-0.4, -0.2) is 23.1 Å². The molecule has 19 heavy (non-hydrogen) atoms. The van der Waals surface area contributed by atoms with Crippen molar-refractivity contribution in [1.82, 2.24) is 5.32 Å². The number of rotatable bonds is 5. The molecule has 1 aromatic rings. The van der Waals surface area contributed by atoms with E-state index >= 15 is 0 Å². The quantitative estimate of drug-likeness (QED) is 0.777. The fourth-order valence-electron chi connectivity index (χ4n) is 1.59. The van der Waals surface area contributed by atoms with Crippen LogP contribution in [0.3, 0.4) is 0 Å². The van der Waals surface area contributed by atoms with Crippen LogP contribution in [0.2, 0.25) is 5.02 Å². The molecule has 104 valence electrons. The van der Waals surface area contributed by atoms with Crippen LogP contribution in [-0.2, 0) is 4.79 Å². The third-order valence-corrected chi connectivity index (χ3v) is 2.86. The third-order valence-electron chi connectivity index (χ3n) is 2.63. The van der Waals surface area contributed by atoms with Crippen molar-refractivity contribution in [2.24, 2.45) is 0 Å². The van der Waals surface area contributed by atoms with Crippen molar-refractivity contribution in [3.05, 3.63) is 28.8 Å². The lowest BCUT2D eigenvalue weighted by Gasteiger charge is -2.15. The molecule has 0 aliphatic carbocycles. The fourth-order valence-corrected chi connectivity index (χ4v) is 1.76. The minimum absolute atomic E-state index is 0.386. The number of carbonyl (C=O) groups is 2. The van der Waals surface area contributed by atoms with Gasteiger partial charge in [0.25, 0.3) is 0 Å². The molecule has 0 fully saturated rings. The Hall–Kier alpha value is -1.75. The molecule has 0 bridgehead atoms. The van der Waals surface area contributed by atoms with Gasteiger partial charge in [0.05, 0.1) is 0 Å². The molecule has 0 aromatic heterocycles. The molecule has 0 saturated carbocycles. The van der Waals surface area contributed by atoms with Gasteiger partial charge in [0, 0.05) is 10.7 Å². The van der Waals surface area contributed by atoms with Crippen molar-refractivity contribution in [1.29, 1.82) is 0 Å². The molecule has 0 spiro atoms. The summed E-state index contributed by atoms with van der Waals surface area (Å²) >= 11 is 5.84. The molecule has 0 saturated heterocycles. The highest BCUT2D eigenvalue weighted by Gasteiger charge is 2.18. The highest BCUT2D eigenvalue weighted by Crippen LogP contribution is 2.19. The number of carboxylic acids is 1. The summed E-state index contributed by atoms with van der Waals surface area (Å²) in [4.78, 5) is 22.7. The van der Waals surface area contributed by atoms with Gasteiger partial charge in [-0.1, -0.05) is 31.0 Å². The second-order valence-electron chi connectivity index (χ2n) is 4.24. The van der Waals surface area contributed by atoms with Crippen LogP contribution in [0.5, 0.6) is 0 Å². The minimum Gasteiger partial charge on any atom is -0.480 e. The van der Waals surface area contributed by atoms with Gasteiger partial charge in [-0.3, -0.25) is 0 Å². The van der Waals surface area contributed by atoms with E-state index in [9.17, 15) is 9.59 Å². The lowest BCUT2D eigenvalue weighted by Crippen LogP contribution is -2.42. The molecule has 1 atom stereocenters. The summed E-state index contributed by atoms with van der Waals surface area (Å²) in [5, 5.41) is 14.5. The number of benzene rings is 1. The number of hydrogen-bond acceptors (Lipinski definition) is 2. The Morgan fingerprint density at radius 2 is 2.11 bits per heavy atom. The summed E-state index contributed by atoms with van der Waals surface area (Å²) in [6.45, 7) is 3.68. The molecular formula is C13H17ClN2O3. The van der Waals surface area contributed by atoms with E-state index in [2.05, 4.69) is 10.6 Å². The van der Waals surface area contributed by atoms with Crippen molar-refractivity contribution >= 4 is 29.3 Å². The molecule has 1 rings (SSSR count). The van der Waals surface area contributed by atoms with E-state index in [-0.39, 0.29) is 0 Å². The van der Waals surface area contributed by atoms with E-state index in [0.717, 1.165) is 5.56 Å². The lowest BCUT2D eigenvalue weighted by atomic mass is 10.2. The van der Waals surface area contributed by atoms with E-state index < -0.39 is 18.0 Å². The number of hydrogen-bond donors (Lipinski definition) is 3. The summed E-state index contributed by atoms with van der Waals surface area (Å²) in [7, 11) is 0. The standard InChI is InChI=1S/C13H17ClN2O3/c1-3-4-10(12(17)18)15-13(19)16-11-7-9(14)6-5-8(11)2/h5-7,10H,3-4H2,1-2H3,(H,17,18)(H2,15,16,19). The molecule has 1 aromatic carbocycles. The summed E-state index contributed by atoms with van der Waals surface area (Å²) in [6.07, 6.45) is 1.06. The van der Waals surface area contributed by atoms with Gasteiger partial charge in [-0.25, -0.2) is 9.59 Å². The molecule has 2 amide bonds. The average Bonchev–Trinajstić information content (AvgIpc) is 2.33. The molecule has 1 unspecified atom stereocenters. The van der Waals surface area contributed by atoms with Crippen molar-refractivity contribution < 1.29 is 14.7 Å². The number of carbonyl (C=O) groups excluding carboxylic acids is 1. The van der Waals surface area contributed by atoms with Gasteiger partial charge in [0.2, 0.25) is 0 Å². The maximum absolute atomic E-state index is 11.7. The number of anilines is 1. The van der Waals surface area contributed by atoms with Gasteiger partial charge in [0.15, 0.2) is 0 Å². The second kappa shape index (κ2) is 6.99. The predicted octanol–water partition coefficient (Wildman–Crippen LogP) is 3.02. The van der Waals surface area contributed by atoms with Crippen LogP contribution >= 0.6 is 11.6 Å². The van der Waals surface area contributed by atoms with Gasteiger partial charge in [-0.15, -0.1) is 0 Å². The molecule has 0 radical (unpaired) electrons. The SMILES string of the molecule is CCCC(NC(=O)Nc1cc(Cl)ccc1C)C(=O)O. The zero-order chi connectivity index (χ0) is 14.4. The summed E-state index contributed by atoms with van der Waals surface area (Å²) < 4.78 is 0. The Bertz CT molecular complexity index is 477. The summed E-state index contributed by atoms with van der Waals surface area (Å²) in [5.41, 5.74) is 1.41. The van der Waals surface area contributed by atoms with Crippen LogP contribution in [0.4, 0.5) is 10.5 Å². The third kappa shape index (κ3) is 4.79. The maximum atomic E-state index is 11.7. The first kappa shape index (κ1) is 15.3. The van der Waals surface area contributed by atoms with E-state index in [0.29, 0.717) is 23.6 Å². The Labute approximate surface area is 117 Å². The normalized spacial score (nSPS) is 11.7. The summed E-state index contributed by atoms with van der Waals surface area (Å²) in [5.74, 6) is -1.04. The first-order valence-corrected chi connectivity index (χ1v) is 6.38. The molecule has 3 N–H and O–H groups in total. The Morgan fingerprint density at radius 3 is 2.68 bits per heavy atom. The number of urea groups is 1. The zero-order valence-corrected chi connectivity index (χ0v) is 11.6. The number of aliphatic carboxylic acids is 1. The topological polar surface area (TPSA) is 78.4 Å². The van der Waals surface area contributed by atoms with E-state index in [1.54, 1.807) is 18.2 Å². The molecule has 0 aliphatic heterocycles. The van der Waals surface area contributed by atoms with Crippen LogP contribution in [0.1, 0.15) is 25.3 Å². The minimum atomic E-state index is -1.04. The molecular weight excluding hydrogens is 268 g/mol. The molecule has 0 aliphatic rings. The average molecular weight is 285 g/mol. The smallest absolute Gasteiger partial charge is 0.326 e. The maximum Gasteiger partial charge on any atom is 0.326 e. The largest absolute Gasteiger partial charge is 0.480 e. The summed E-state index contributed by atoms with van der Waals surface area (Å²) in [6, 6.07) is 3.68. The number of nitrogens with one attached hydrogen (secondary N) is 2. The molecule has 0 heterocycles. The Kier molecular flexibility index (Phi) is 5.63. The van der Waals surface area contributed by atoms with Crippen LogP contribution in [0, 0.1) is 6.92 Å². The fraction of sp³-hybridized carbons (Fsp3) is 0.385. The van der Waals surface area contributed by atoms with Gasteiger partial charge in [-0.2, -0.15) is 0 Å². The number of halogens is 1. The van der Waals surface area contributed by atoms with E-state index in [1.807, 2.05) is 13.8 Å². The van der Waals surface area contributed by atoms with Crippen molar-refractivity contribution in [2.75, 3.05) is 5.32 Å². The Morgan fingerprint density at radius 1 is 1.42 bits per heavy atom. The number of amides is 2. The Balaban J connectivity index is 2.68. The monoisotopic (exact) mass is 284 g/mol. The van der Waals surface area contributed by atoms with Crippen molar-refractivity contribution in [3.8, 4) is 0 Å². The first-order valence-electron chi connectivity index (χ1n) is 6.00. The van der Waals surface area contributed by atoms with E-state index in [1.165, 1.54) is 0 Å². The number of aryl methyl sites for hydroxylation is 1. The van der Waals surface area contributed by atoms with Gasteiger partial charge >= 0.3 is 12.0 Å².